The number of likely N-dealkylation sites (N-methyl/N-ethyl adjacent to an activating group) is 1. The third kappa shape index (κ3) is 5.87. The van der Waals surface area contributed by atoms with Gasteiger partial charge in [0.1, 0.15) is 18.2 Å². The van der Waals surface area contributed by atoms with Gasteiger partial charge in [-0.15, -0.1) is 0 Å². The smallest absolute Gasteiger partial charge is 0.318 e. The maximum absolute atomic E-state index is 14.7. The molecule has 9 nitrogen and oxygen atoms in total. The largest absolute Gasteiger partial charge is 0.462 e. The maximum Gasteiger partial charge on any atom is 0.318 e. The lowest BCUT2D eigenvalue weighted by atomic mass is 10.1. The first-order chi connectivity index (χ1) is 21.0. The molecule has 2 atom stereocenters. The van der Waals surface area contributed by atoms with Crippen molar-refractivity contribution >= 4 is 28.2 Å². The minimum atomic E-state index is -0.265. The zero-order valence-corrected chi connectivity index (χ0v) is 24.7. The number of carbonyl (C=O) groups excluding carboxylic acids is 1. The van der Waals surface area contributed by atoms with E-state index in [1.807, 2.05) is 24.3 Å². The summed E-state index contributed by atoms with van der Waals surface area (Å²) < 4.78 is 21.0. The predicted octanol–water partition coefficient (Wildman–Crippen LogP) is 4.31. The van der Waals surface area contributed by atoms with Crippen LogP contribution in [0.1, 0.15) is 36.9 Å². The number of fused-ring (bicyclic) bond motifs is 2. The summed E-state index contributed by atoms with van der Waals surface area (Å²) in [5, 5.41) is 11.0. The molecule has 2 saturated heterocycles. The summed E-state index contributed by atoms with van der Waals surface area (Å²) in [6.45, 7) is 8.10. The molecular formula is C33H38FN7O2. The number of piperazine rings is 1. The fraction of sp³-hybridized carbons (Fsp3) is 0.455. The van der Waals surface area contributed by atoms with Crippen LogP contribution >= 0.6 is 0 Å². The summed E-state index contributed by atoms with van der Waals surface area (Å²) in [5.41, 5.74) is 2.94. The number of anilines is 2. The van der Waals surface area contributed by atoms with Gasteiger partial charge in [0.05, 0.1) is 30.8 Å². The minimum Gasteiger partial charge on any atom is -0.462 e. The zero-order chi connectivity index (χ0) is 29.9. The lowest BCUT2D eigenvalue weighted by Gasteiger charge is -2.41. The number of nitriles is 1. The molecule has 0 radical (unpaired) electrons. The number of likely N-dealkylation sites (tertiary alicyclic amines) is 1. The summed E-state index contributed by atoms with van der Waals surface area (Å²) in [6.07, 6.45) is 5.42. The van der Waals surface area contributed by atoms with E-state index in [0.29, 0.717) is 50.2 Å². The van der Waals surface area contributed by atoms with Crippen LogP contribution in [0.15, 0.2) is 49.1 Å². The van der Waals surface area contributed by atoms with Crippen LogP contribution in [0.3, 0.4) is 0 Å². The molecule has 4 heterocycles. The highest BCUT2D eigenvalue weighted by Crippen LogP contribution is 2.35. The molecule has 0 aliphatic carbocycles. The third-order valence-corrected chi connectivity index (χ3v) is 9.08. The number of aromatic nitrogens is 2. The van der Waals surface area contributed by atoms with Gasteiger partial charge in [-0.1, -0.05) is 30.8 Å². The molecule has 0 spiro atoms. The lowest BCUT2D eigenvalue weighted by molar-refractivity contribution is -0.128. The van der Waals surface area contributed by atoms with Crippen LogP contribution in [0.5, 0.6) is 6.01 Å². The van der Waals surface area contributed by atoms with Gasteiger partial charge < -0.3 is 24.3 Å². The van der Waals surface area contributed by atoms with Crippen molar-refractivity contribution in [1.29, 1.82) is 5.26 Å². The molecule has 3 aliphatic rings. The van der Waals surface area contributed by atoms with Gasteiger partial charge in [0.25, 0.3) is 0 Å². The van der Waals surface area contributed by atoms with Crippen LogP contribution in [0, 0.1) is 17.1 Å². The van der Waals surface area contributed by atoms with E-state index >= 15 is 0 Å². The second-order valence-electron chi connectivity index (χ2n) is 11.7. The Hall–Kier alpha value is -4.23. The van der Waals surface area contributed by atoms with Gasteiger partial charge in [0.2, 0.25) is 5.91 Å². The molecule has 3 aromatic rings. The monoisotopic (exact) mass is 583 g/mol. The molecule has 0 bridgehead atoms. The Morgan fingerprint density at radius 1 is 1.09 bits per heavy atom. The second kappa shape index (κ2) is 12.6. The molecule has 0 saturated carbocycles. The standard InChI is InChI=1S/C33H38FN7O2/c1-3-31(42)41-19-18-40(20-23(41)14-15-35)32-27-11-7-17-39(30-13-5-9-25-26(30)10-4-12-28(25)34)21-29(27)36-33(37-32)43-22-24-8-6-16-38(24)2/h3-5,9-10,12-13,23-24H,1,6-8,11,14,16-22H2,2H3. The molecule has 3 aliphatic heterocycles. The number of rotatable bonds is 7. The molecular weight excluding hydrogens is 545 g/mol. The fourth-order valence-corrected chi connectivity index (χ4v) is 6.75. The Morgan fingerprint density at radius 2 is 1.93 bits per heavy atom. The third-order valence-electron chi connectivity index (χ3n) is 9.08. The highest BCUT2D eigenvalue weighted by molar-refractivity contribution is 5.94. The van der Waals surface area contributed by atoms with Crippen LogP contribution in [-0.4, -0.2) is 84.1 Å². The second-order valence-corrected chi connectivity index (χ2v) is 11.7. The van der Waals surface area contributed by atoms with E-state index in [1.165, 1.54) is 12.1 Å². The predicted molar refractivity (Wildman–Crippen MR) is 165 cm³/mol. The van der Waals surface area contributed by atoms with Crippen molar-refractivity contribution in [2.24, 2.45) is 0 Å². The van der Waals surface area contributed by atoms with Gasteiger partial charge in [-0.25, -0.2) is 4.39 Å². The molecule has 2 fully saturated rings. The molecule has 2 unspecified atom stereocenters. The number of hydrogen-bond donors (Lipinski definition) is 0. The van der Waals surface area contributed by atoms with Gasteiger partial charge in [0.15, 0.2) is 0 Å². The van der Waals surface area contributed by atoms with E-state index in [4.69, 9.17) is 14.7 Å². The Labute approximate surface area is 252 Å². The topological polar surface area (TPSA) is 88.8 Å². The van der Waals surface area contributed by atoms with Crippen LogP contribution in [0.4, 0.5) is 15.9 Å². The van der Waals surface area contributed by atoms with Crippen LogP contribution in [-0.2, 0) is 17.8 Å². The number of ether oxygens (including phenoxy) is 1. The van der Waals surface area contributed by atoms with Gasteiger partial charge in [-0.2, -0.15) is 15.2 Å². The molecule has 2 aromatic carbocycles. The average molecular weight is 584 g/mol. The van der Waals surface area contributed by atoms with Gasteiger partial charge in [-0.05, 0) is 57.5 Å². The number of carbonyl (C=O) groups is 1. The Balaban J connectivity index is 1.36. The SMILES string of the molecule is C=CC(=O)N1CCN(c2nc(OCC3CCCN3C)nc3c2CCCN(c2cccc4c(F)cccc24)C3)CC1CC#N. The molecule has 6 rings (SSSR count). The number of hydrogen-bond acceptors (Lipinski definition) is 8. The first kappa shape index (κ1) is 28.9. The summed E-state index contributed by atoms with van der Waals surface area (Å²) >= 11 is 0. The molecule has 1 amide bonds. The van der Waals surface area contributed by atoms with E-state index in [0.717, 1.165) is 66.9 Å². The molecule has 1 aromatic heterocycles. The Bertz CT molecular complexity index is 1560. The Kier molecular flexibility index (Phi) is 8.43. The van der Waals surface area contributed by atoms with Crippen molar-refractivity contribution in [2.45, 2.75) is 50.7 Å². The van der Waals surface area contributed by atoms with Crippen molar-refractivity contribution in [2.75, 3.05) is 56.2 Å². The summed E-state index contributed by atoms with van der Waals surface area (Å²) in [5.74, 6) is 0.431. The molecule has 0 N–H and O–H groups in total. The quantitative estimate of drug-likeness (QED) is 0.381. The number of halogens is 1. The normalized spacial score (nSPS) is 20.9. The van der Waals surface area contributed by atoms with Gasteiger partial charge >= 0.3 is 6.01 Å². The average Bonchev–Trinajstić information content (AvgIpc) is 3.31. The molecule has 10 heteroatoms. The number of benzene rings is 2. The van der Waals surface area contributed by atoms with Crippen LogP contribution in [0.2, 0.25) is 0 Å². The molecule has 43 heavy (non-hydrogen) atoms. The van der Waals surface area contributed by atoms with Crippen molar-refractivity contribution in [3.63, 3.8) is 0 Å². The zero-order valence-electron chi connectivity index (χ0n) is 24.7. The maximum atomic E-state index is 14.7. The first-order valence-electron chi connectivity index (χ1n) is 15.2. The number of nitrogens with zero attached hydrogens (tertiary/aromatic N) is 7. The summed E-state index contributed by atoms with van der Waals surface area (Å²) in [6, 6.07) is 13.7. The van der Waals surface area contributed by atoms with E-state index in [9.17, 15) is 14.4 Å². The fourth-order valence-electron chi connectivity index (χ4n) is 6.75. The minimum absolute atomic E-state index is 0.159. The molecule has 224 valence electrons. The van der Waals surface area contributed by atoms with E-state index < -0.39 is 0 Å². The van der Waals surface area contributed by atoms with E-state index in [-0.39, 0.29) is 24.2 Å². The van der Waals surface area contributed by atoms with Gasteiger partial charge in [-0.3, -0.25) is 4.79 Å². The van der Waals surface area contributed by atoms with E-state index in [2.05, 4.69) is 34.4 Å². The Morgan fingerprint density at radius 3 is 2.72 bits per heavy atom. The van der Waals surface area contributed by atoms with E-state index in [1.54, 1.807) is 11.0 Å². The number of amides is 1. The summed E-state index contributed by atoms with van der Waals surface area (Å²) in [4.78, 5) is 31.0. The highest BCUT2D eigenvalue weighted by Gasteiger charge is 2.33. The van der Waals surface area contributed by atoms with Gasteiger partial charge in [0, 0.05) is 54.2 Å². The van der Waals surface area contributed by atoms with Crippen molar-refractivity contribution in [3.8, 4) is 12.1 Å². The lowest BCUT2D eigenvalue weighted by Crippen LogP contribution is -2.55. The van der Waals surface area contributed by atoms with Crippen molar-refractivity contribution < 1.29 is 13.9 Å². The van der Waals surface area contributed by atoms with Crippen LogP contribution in [0.25, 0.3) is 10.8 Å². The highest BCUT2D eigenvalue weighted by atomic mass is 19.1. The summed E-state index contributed by atoms with van der Waals surface area (Å²) in [7, 11) is 2.12. The van der Waals surface area contributed by atoms with Crippen LogP contribution < -0.4 is 14.5 Å². The van der Waals surface area contributed by atoms with Crippen molar-refractivity contribution in [1.82, 2.24) is 19.8 Å². The van der Waals surface area contributed by atoms with Crippen molar-refractivity contribution in [3.05, 3.63) is 66.1 Å². The first-order valence-corrected chi connectivity index (χ1v) is 15.2.